The average molecular weight is 277 g/mol. The van der Waals surface area contributed by atoms with E-state index < -0.39 is 0 Å². The van der Waals surface area contributed by atoms with Crippen molar-refractivity contribution in [1.82, 2.24) is 10.3 Å². The Balaban J connectivity index is 2.04. The largest absolute Gasteiger partial charge is 0.384 e. The Morgan fingerprint density at radius 3 is 2.95 bits per heavy atom. The molecule has 0 amide bonds. The zero-order valence-electron chi connectivity index (χ0n) is 13.1. The minimum Gasteiger partial charge on any atom is -0.384 e. The lowest BCUT2D eigenvalue weighted by Crippen LogP contribution is -2.35. The molecule has 1 aromatic heterocycles. The van der Waals surface area contributed by atoms with Crippen molar-refractivity contribution in [3.8, 4) is 0 Å². The Hall–Kier alpha value is -1.13. The molecule has 1 saturated heterocycles. The topological polar surface area (TPSA) is 37.4 Å². The lowest BCUT2D eigenvalue weighted by molar-refractivity contribution is 0.161. The van der Waals surface area contributed by atoms with Crippen molar-refractivity contribution in [1.29, 1.82) is 0 Å². The number of hydrogen-bond acceptors (Lipinski definition) is 4. The summed E-state index contributed by atoms with van der Waals surface area (Å²) < 4.78 is 5.28. The predicted molar refractivity (Wildman–Crippen MR) is 83.0 cm³/mol. The van der Waals surface area contributed by atoms with Crippen molar-refractivity contribution in [2.75, 3.05) is 31.7 Å². The molecule has 2 rings (SSSR count). The van der Waals surface area contributed by atoms with E-state index in [-0.39, 0.29) is 5.54 Å². The van der Waals surface area contributed by atoms with Crippen molar-refractivity contribution in [2.24, 2.45) is 5.92 Å². The van der Waals surface area contributed by atoms with Crippen LogP contribution in [0.3, 0.4) is 0 Å². The molecule has 0 bridgehead atoms. The molecule has 4 nitrogen and oxygen atoms in total. The van der Waals surface area contributed by atoms with E-state index in [0.717, 1.165) is 26.2 Å². The van der Waals surface area contributed by atoms with Crippen LogP contribution in [0, 0.1) is 5.92 Å². The SMILES string of the molecule is COCC1CCN(c2cnccc2CNC(C)(C)C)C1. The molecule has 1 fully saturated rings. The van der Waals surface area contributed by atoms with E-state index in [1.54, 1.807) is 7.11 Å². The molecule has 1 atom stereocenters. The maximum absolute atomic E-state index is 5.28. The van der Waals surface area contributed by atoms with Crippen LogP contribution in [0.2, 0.25) is 0 Å². The summed E-state index contributed by atoms with van der Waals surface area (Å²) in [7, 11) is 1.78. The van der Waals surface area contributed by atoms with Crippen LogP contribution in [0.5, 0.6) is 0 Å². The van der Waals surface area contributed by atoms with E-state index in [1.165, 1.54) is 17.7 Å². The van der Waals surface area contributed by atoms with Gasteiger partial charge in [-0.2, -0.15) is 0 Å². The van der Waals surface area contributed by atoms with E-state index in [9.17, 15) is 0 Å². The highest BCUT2D eigenvalue weighted by molar-refractivity contribution is 5.52. The van der Waals surface area contributed by atoms with E-state index >= 15 is 0 Å². The lowest BCUT2D eigenvalue weighted by Gasteiger charge is -2.25. The van der Waals surface area contributed by atoms with Gasteiger partial charge in [-0.25, -0.2) is 0 Å². The molecule has 1 aromatic rings. The van der Waals surface area contributed by atoms with Crippen molar-refractivity contribution in [2.45, 2.75) is 39.3 Å². The summed E-state index contributed by atoms with van der Waals surface area (Å²) in [6.07, 6.45) is 5.08. The lowest BCUT2D eigenvalue weighted by atomic mass is 10.1. The summed E-state index contributed by atoms with van der Waals surface area (Å²) in [5.41, 5.74) is 2.72. The second-order valence-electron chi connectivity index (χ2n) is 6.66. The number of rotatable bonds is 5. The Morgan fingerprint density at radius 1 is 1.45 bits per heavy atom. The number of nitrogens with zero attached hydrogens (tertiary/aromatic N) is 2. The molecule has 1 N–H and O–H groups in total. The Labute approximate surface area is 122 Å². The first-order chi connectivity index (χ1) is 9.49. The molecule has 0 aliphatic carbocycles. The highest BCUT2D eigenvalue weighted by Gasteiger charge is 2.24. The fourth-order valence-corrected chi connectivity index (χ4v) is 2.63. The normalized spacial score (nSPS) is 19.6. The Kier molecular flexibility index (Phi) is 5.00. The van der Waals surface area contributed by atoms with Crippen LogP contribution in [0.25, 0.3) is 0 Å². The molecule has 1 unspecified atom stereocenters. The van der Waals surface area contributed by atoms with Gasteiger partial charge in [-0.3, -0.25) is 4.98 Å². The van der Waals surface area contributed by atoms with Gasteiger partial charge in [0.2, 0.25) is 0 Å². The van der Waals surface area contributed by atoms with Crippen molar-refractivity contribution in [3.63, 3.8) is 0 Å². The number of methoxy groups -OCH3 is 1. The molecule has 1 aliphatic rings. The maximum atomic E-state index is 5.28. The summed E-state index contributed by atoms with van der Waals surface area (Å²) in [5.74, 6) is 0.642. The van der Waals surface area contributed by atoms with Crippen LogP contribution in [0.1, 0.15) is 32.8 Å². The number of anilines is 1. The molecule has 112 valence electrons. The molecular weight excluding hydrogens is 250 g/mol. The van der Waals surface area contributed by atoms with Crippen LogP contribution in [-0.2, 0) is 11.3 Å². The van der Waals surface area contributed by atoms with Crippen molar-refractivity contribution >= 4 is 5.69 Å². The smallest absolute Gasteiger partial charge is 0.0598 e. The van der Waals surface area contributed by atoms with Crippen LogP contribution < -0.4 is 10.2 Å². The summed E-state index contributed by atoms with van der Waals surface area (Å²) >= 11 is 0. The molecule has 20 heavy (non-hydrogen) atoms. The predicted octanol–water partition coefficient (Wildman–Crippen LogP) is 2.44. The number of hydrogen-bond donors (Lipinski definition) is 1. The molecular formula is C16H27N3O. The third-order valence-electron chi connectivity index (χ3n) is 3.73. The van der Waals surface area contributed by atoms with Gasteiger partial charge in [0, 0.05) is 44.4 Å². The van der Waals surface area contributed by atoms with Gasteiger partial charge < -0.3 is 15.0 Å². The maximum Gasteiger partial charge on any atom is 0.0598 e. The minimum atomic E-state index is 0.129. The standard InChI is InChI=1S/C16H27N3O/c1-16(2,3)18-9-14-5-7-17-10-15(14)19-8-6-13(11-19)12-20-4/h5,7,10,13,18H,6,8-9,11-12H2,1-4H3. The van der Waals surface area contributed by atoms with E-state index in [1.807, 2.05) is 12.4 Å². The quantitative estimate of drug-likeness (QED) is 0.897. The van der Waals surface area contributed by atoms with Gasteiger partial charge in [0.1, 0.15) is 0 Å². The van der Waals surface area contributed by atoms with Crippen LogP contribution >= 0.6 is 0 Å². The number of nitrogens with one attached hydrogen (secondary N) is 1. The zero-order chi connectivity index (χ0) is 14.6. The highest BCUT2D eigenvalue weighted by Crippen LogP contribution is 2.26. The molecule has 0 aromatic carbocycles. The van der Waals surface area contributed by atoms with Gasteiger partial charge in [-0.1, -0.05) is 0 Å². The second-order valence-corrected chi connectivity index (χ2v) is 6.66. The Morgan fingerprint density at radius 2 is 2.25 bits per heavy atom. The number of ether oxygens (including phenoxy) is 1. The second kappa shape index (κ2) is 6.55. The van der Waals surface area contributed by atoms with Crippen LogP contribution in [0.4, 0.5) is 5.69 Å². The third kappa shape index (κ3) is 4.18. The monoisotopic (exact) mass is 277 g/mol. The van der Waals surface area contributed by atoms with Gasteiger partial charge in [0.25, 0.3) is 0 Å². The Bertz CT molecular complexity index is 428. The van der Waals surface area contributed by atoms with Gasteiger partial charge in [-0.05, 0) is 38.8 Å². The number of aromatic nitrogens is 1. The first-order valence-electron chi connectivity index (χ1n) is 7.41. The van der Waals surface area contributed by atoms with E-state index in [4.69, 9.17) is 4.74 Å². The zero-order valence-corrected chi connectivity index (χ0v) is 13.1. The summed E-state index contributed by atoms with van der Waals surface area (Å²) in [6.45, 7) is 10.5. The fraction of sp³-hybridized carbons (Fsp3) is 0.688. The van der Waals surface area contributed by atoms with Gasteiger partial charge in [0.15, 0.2) is 0 Å². The first-order valence-corrected chi connectivity index (χ1v) is 7.41. The van der Waals surface area contributed by atoms with Crippen LogP contribution in [-0.4, -0.2) is 37.3 Å². The third-order valence-corrected chi connectivity index (χ3v) is 3.73. The number of pyridine rings is 1. The molecule has 0 radical (unpaired) electrons. The van der Waals surface area contributed by atoms with Gasteiger partial charge >= 0.3 is 0 Å². The minimum absolute atomic E-state index is 0.129. The van der Waals surface area contributed by atoms with Crippen molar-refractivity contribution in [3.05, 3.63) is 24.0 Å². The fourth-order valence-electron chi connectivity index (χ4n) is 2.63. The molecule has 0 spiro atoms. The highest BCUT2D eigenvalue weighted by atomic mass is 16.5. The van der Waals surface area contributed by atoms with Gasteiger partial charge in [-0.15, -0.1) is 0 Å². The van der Waals surface area contributed by atoms with Crippen LogP contribution in [0.15, 0.2) is 18.5 Å². The molecule has 0 saturated carbocycles. The summed E-state index contributed by atoms with van der Waals surface area (Å²) in [4.78, 5) is 6.75. The average Bonchev–Trinajstić information content (AvgIpc) is 2.85. The van der Waals surface area contributed by atoms with E-state index in [2.05, 4.69) is 42.0 Å². The van der Waals surface area contributed by atoms with Crippen molar-refractivity contribution < 1.29 is 4.74 Å². The first kappa shape index (κ1) is 15.3. The van der Waals surface area contributed by atoms with E-state index in [0.29, 0.717) is 5.92 Å². The molecule has 1 aliphatic heterocycles. The van der Waals surface area contributed by atoms with Gasteiger partial charge in [0.05, 0.1) is 18.5 Å². The summed E-state index contributed by atoms with van der Waals surface area (Å²) in [6, 6.07) is 2.12. The molecule has 2 heterocycles. The summed E-state index contributed by atoms with van der Waals surface area (Å²) in [5, 5.41) is 3.56. The molecule has 4 heteroatoms.